The van der Waals surface area contributed by atoms with E-state index in [1.54, 1.807) is 18.3 Å². The van der Waals surface area contributed by atoms with Gasteiger partial charge >= 0.3 is 0 Å². The molecule has 30 heavy (non-hydrogen) atoms. The van der Waals surface area contributed by atoms with Gasteiger partial charge < -0.3 is 10.6 Å². The van der Waals surface area contributed by atoms with E-state index in [0.717, 1.165) is 22.5 Å². The van der Waals surface area contributed by atoms with Gasteiger partial charge in [-0.2, -0.15) is 10.2 Å². The average molecular weight is 399 g/mol. The van der Waals surface area contributed by atoms with Crippen molar-refractivity contribution in [3.8, 4) is 11.4 Å². The second kappa shape index (κ2) is 8.60. The fourth-order valence-electron chi connectivity index (χ4n) is 2.97. The molecule has 0 spiro atoms. The molecular formula is C22H21N7O. The Bertz CT molecular complexity index is 1110. The van der Waals surface area contributed by atoms with Gasteiger partial charge in [0.25, 0.3) is 5.91 Å². The Balaban J connectivity index is 1.45. The van der Waals surface area contributed by atoms with Crippen molar-refractivity contribution in [2.45, 2.75) is 26.6 Å². The highest BCUT2D eigenvalue weighted by atomic mass is 16.1. The summed E-state index contributed by atoms with van der Waals surface area (Å²) in [7, 11) is 0. The maximum Gasteiger partial charge on any atom is 0.270 e. The molecule has 2 aromatic heterocycles. The number of amides is 1. The van der Waals surface area contributed by atoms with Crippen molar-refractivity contribution in [2.24, 2.45) is 10.2 Å². The van der Waals surface area contributed by atoms with Crippen molar-refractivity contribution >= 4 is 11.7 Å². The number of anilines is 1. The first-order valence-corrected chi connectivity index (χ1v) is 9.57. The van der Waals surface area contributed by atoms with E-state index in [9.17, 15) is 4.79 Å². The number of rotatable bonds is 6. The van der Waals surface area contributed by atoms with Crippen LogP contribution in [0, 0.1) is 6.92 Å². The molecule has 1 amide bonds. The number of carbonyl (C=O) groups is 1. The first-order valence-electron chi connectivity index (χ1n) is 9.57. The molecule has 0 bridgehead atoms. The van der Waals surface area contributed by atoms with Crippen LogP contribution in [-0.4, -0.2) is 27.0 Å². The third-order valence-electron chi connectivity index (χ3n) is 4.44. The summed E-state index contributed by atoms with van der Waals surface area (Å²) >= 11 is 0. The fourth-order valence-corrected chi connectivity index (χ4v) is 2.97. The van der Waals surface area contributed by atoms with Crippen molar-refractivity contribution in [3.05, 3.63) is 83.5 Å². The van der Waals surface area contributed by atoms with Crippen LogP contribution in [0.2, 0.25) is 0 Å². The summed E-state index contributed by atoms with van der Waals surface area (Å²) in [5.41, 5.74) is 3.77. The predicted molar refractivity (Wildman–Crippen MR) is 114 cm³/mol. The first kappa shape index (κ1) is 19.4. The van der Waals surface area contributed by atoms with E-state index < -0.39 is 0 Å². The molecule has 0 saturated heterocycles. The zero-order valence-corrected chi connectivity index (χ0v) is 16.7. The lowest BCUT2D eigenvalue weighted by molar-refractivity contribution is 0.0946. The van der Waals surface area contributed by atoms with Crippen molar-refractivity contribution in [1.29, 1.82) is 0 Å². The Hall–Kier alpha value is -3.94. The third kappa shape index (κ3) is 4.72. The Labute approximate surface area is 174 Å². The quantitative estimate of drug-likeness (QED) is 0.654. The van der Waals surface area contributed by atoms with Gasteiger partial charge in [0, 0.05) is 30.1 Å². The Morgan fingerprint density at radius 2 is 1.90 bits per heavy atom. The van der Waals surface area contributed by atoms with E-state index in [2.05, 4.69) is 35.8 Å². The molecule has 2 N–H and O–H groups in total. The maximum atomic E-state index is 12.4. The second-order valence-corrected chi connectivity index (χ2v) is 6.93. The number of pyridine rings is 1. The molecule has 1 aromatic carbocycles. The lowest BCUT2D eigenvalue weighted by atomic mass is 10.2. The Morgan fingerprint density at radius 3 is 2.60 bits per heavy atom. The summed E-state index contributed by atoms with van der Waals surface area (Å²) < 4.78 is 0. The molecule has 1 atom stereocenters. The first-order chi connectivity index (χ1) is 14.6. The van der Waals surface area contributed by atoms with Crippen molar-refractivity contribution < 1.29 is 4.79 Å². The van der Waals surface area contributed by atoms with Crippen LogP contribution in [0.15, 0.2) is 76.7 Å². The molecule has 8 nitrogen and oxygen atoms in total. The lowest BCUT2D eigenvalue weighted by Crippen LogP contribution is -2.23. The number of aryl methyl sites for hydroxylation is 1. The van der Waals surface area contributed by atoms with Crippen molar-refractivity contribution in [1.82, 2.24) is 20.3 Å². The van der Waals surface area contributed by atoms with Crippen molar-refractivity contribution in [2.75, 3.05) is 5.32 Å². The van der Waals surface area contributed by atoms with Crippen LogP contribution in [0.4, 0.5) is 5.82 Å². The lowest BCUT2D eigenvalue weighted by Gasteiger charge is -2.10. The summed E-state index contributed by atoms with van der Waals surface area (Å²) in [6.07, 6.45) is 3.29. The number of nitrogens with one attached hydrogen (secondary N) is 2. The van der Waals surface area contributed by atoms with E-state index in [4.69, 9.17) is 0 Å². The number of hydrogen-bond acceptors (Lipinski definition) is 7. The highest BCUT2D eigenvalue weighted by Gasteiger charge is 2.13. The summed E-state index contributed by atoms with van der Waals surface area (Å²) in [6, 6.07) is 15.0. The highest BCUT2D eigenvalue weighted by molar-refractivity contribution is 5.92. The molecular weight excluding hydrogens is 378 g/mol. The van der Waals surface area contributed by atoms with Crippen LogP contribution in [0.5, 0.6) is 0 Å². The van der Waals surface area contributed by atoms with E-state index in [1.807, 2.05) is 56.3 Å². The zero-order valence-electron chi connectivity index (χ0n) is 16.7. The van der Waals surface area contributed by atoms with Crippen LogP contribution < -0.4 is 10.6 Å². The zero-order chi connectivity index (χ0) is 20.9. The van der Waals surface area contributed by atoms with Gasteiger partial charge in [-0.3, -0.25) is 9.78 Å². The minimum Gasteiger partial charge on any atom is -0.347 e. The molecule has 8 heteroatoms. The fraction of sp³-hybridized carbons (Fsp3) is 0.182. The number of aromatic nitrogens is 3. The molecule has 4 rings (SSSR count). The van der Waals surface area contributed by atoms with Crippen LogP contribution in [0.1, 0.15) is 28.7 Å². The van der Waals surface area contributed by atoms with E-state index in [-0.39, 0.29) is 12.1 Å². The smallest absolute Gasteiger partial charge is 0.270 e. The number of nitrogens with zero attached hydrogens (tertiary/aromatic N) is 5. The minimum absolute atomic E-state index is 0.230. The number of allylic oxidation sites excluding steroid dienone is 1. The molecule has 1 unspecified atom stereocenters. The van der Waals surface area contributed by atoms with Crippen LogP contribution in [0.25, 0.3) is 11.4 Å². The molecule has 0 fully saturated rings. The molecule has 1 aliphatic rings. The van der Waals surface area contributed by atoms with Gasteiger partial charge in [0.05, 0.1) is 5.70 Å². The topological polar surface area (TPSA) is 105 Å². The van der Waals surface area contributed by atoms with E-state index in [0.29, 0.717) is 23.9 Å². The molecule has 0 radical (unpaired) electrons. The van der Waals surface area contributed by atoms with Crippen molar-refractivity contribution in [3.63, 3.8) is 0 Å². The third-order valence-corrected chi connectivity index (χ3v) is 4.44. The summed E-state index contributed by atoms with van der Waals surface area (Å²) in [5, 5.41) is 14.2. The second-order valence-electron chi connectivity index (χ2n) is 6.93. The SMILES string of the molecule is CC1=CC(Nc2cc(C)nc(-c3ccc(C(=O)NCc4ccccc4)nc3)n2)N=N1. The van der Waals surface area contributed by atoms with Gasteiger partial charge in [-0.15, -0.1) is 0 Å². The van der Waals surface area contributed by atoms with E-state index in [1.165, 1.54) is 0 Å². The predicted octanol–water partition coefficient (Wildman–Crippen LogP) is 3.88. The number of azo groups is 1. The molecule has 3 heterocycles. The monoisotopic (exact) mass is 399 g/mol. The van der Waals surface area contributed by atoms with E-state index >= 15 is 0 Å². The molecule has 3 aromatic rings. The van der Waals surface area contributed by atoms with Gasteiger partial charge in [0.2, 0.25) is 0 Å². The van der Waals surface area contributed by atoms with Gasteiger partial charge in [-0.05, 0) is 37.6 Å². The minimum atomic E-state index is -0.235. The summed E-state index contributed by atoms with van der Waals surface area (Å²) in [4.78, 5) is 25.7. The molecule has 0 aliphatic carbocycles. The van der Waals surface area contributed by atoms with Gasteiger partial charge in [0.1, 0.15) is 11.5 Å². The molecule has 0 saturated carbocycles. The average Bonchev–Trinajstić information content (AvgIpc) is 3.17. The van der Waals surface area contributed by atoms with Gasteiger partial charge in [0.15, 0.2) is 12.0 Å². The number of benzene rings is 1. The van der Waals surface area contributed by atoms with Crippen LogP contribution in [-0.2, 0) is 6.54 Å². The standard InChI is InChI=1S/C22H21N7O/c1-14-10-19(26-20-11-15(2)28-29-20)27-21(25-14)17-8-9-18(23-13-17)22(30)24-12-16-6-4-3-5-7-16/h3-11,13,20H,12H2,1-2H3,(H,24,30)(H,25,26,27). The summed E-state index contributed by atoms with van der Waals surface area (Å²) in [6.45, 7) is 4.24. The maximum absolute atomic E-state index is 12.4. The number of carbonyl (C=O) groups excluding carboxylic acids is 1. The molecule has 1 aliphatic heterocycles. The van der Waals surface area contributed by atoms with Crippen LogP contribution in [0.3, 0.4) is 0 Å². The van der Waals surface area contributed by atoms with Gasteiger partial charge in [-0.1, -0.05) is 30.3 Å². The Morgan fingerprint density at radius 1 is 1.07 bits per heavy atom. The highest BCUT2D eigenvalue weighted by Crippen LogP contribution is 2.20. The van der Waals surface area contributed by atoms with Gasteiger partial charge in [-0.25, -0.2) is 9.97 Å². The molecule has 150 valence electrons. The van der Waals surface area contributed by atoms with Crippen LogP contribution >= 0.6 is 0 Å². The largest absolute Gasteiger partial charge is 0.347 e. The Kier molecular flexibility index (Phi) is 5.56. The summed E-state index contributed by atoms with van der Waals surface area (Å²) in [5.74, 6) is 0.945. The number of hydrogen-bond donors (Lipinski definition) is 2. The normalized spacial score (nSPS) is 15.0.